The maximum absolute atomic E-state index is 13.5. The molecule has 0 bridgehead atoms. The van der Waals surface area contributed by atoms with E-state index in [0.717, 1.165) is 11.1 Å². The summed E-state index contributed by atoms with van der Waals surface area (Å²) in [7, 11) is 0. The minimum Gasteiger partial charge on any atom is -0.334 e. The number of rotatable bonds is 6. The molecule has 0 radical (unpaired) electrons. The van der Waals surface area contributed by atoms with E-state index in [9.17, 15) is 9.18 Å². The fraction of sp³-hybridized carbons (Fsp3) is 0.143. The van der Waals surface area contributed by atoms with Crippen LogP contribution in [0.5, 0.6) is 0 Å². The van der Waals surface area contributed by atoms with Crippen LogP contribution in [0.15, 0.2) is 67.0 Å². The number of hydrogen-bond donors (Lipinski definition) is 0. The number of carbonyl (C=O) groups excluding carboxylic acids is 1. The Labute approximate surface area is 167 Å². The summed E-state index contributed by atoms with van der Waals surface area (Å²) >= 11 is 12.2. The van der Waals surface area contributed by atoms with Gasteiger partial charge in [-0.05, 0) is 53.9 Å². The molecule has 1 amide bonds. The molecule has 3 aromatic rings. The number of hydrogen-bond acceptors (Lipinski definition) is 2. The first-order valence-electron chi connectivity index (χ1n) is 8.40. The fourth-order valence-electron chi connectivity index (χ4n) is 2.75. The van der Waals surface area contributed by atoms with Gasteiger partial charge in [0, 0.05) is 41.1 Å². The van der Waals surface area contributed by atoms with Crippen molar-refractivity contribution >= 4 is 29.1 Å². The van der Waals surface area contributed by atoms with Crippen molar-refractivity contribution < 1.29 is 9.18 Å². The van der Waals surface area contributed by atoms with E-state index in [1.54, 1.807) is 35.5 Å². The summed E-state index contributed by atoms with van der Waals surface area (Å²) in [4.78, 5) is 18.7. The molecule has 27 heavy (non-hydrogen) atoms. The zero-order chi connectivity index (χ0) is 19.2. The molecule has 3 rings (SSSR count). The summed E-state index contributed by atoms with van der Waals surface area (Å²) in [6.45, 7) is 0.792. The van der Waals surface area contributed by atoms with Crippen LogP contribution in [0, 0.1) is 5.82 Å². The Morgan fingerprint density at radius 1 is 1.07 bits per heavy atom. The van der Waals surface area contributed by atoms with Crippen molar-refractivity contribution in [3.8, 4) is 0 Å². The van der Waals surface area contributed by atoms with E-state index in [1.165, 1.54) is 18.2 Å². The van der Waals surface area contributed by atoms with Gasteiger partial charge in [0.25, 0.3) is 5.91 Å². The molecule has 6 heteroatoms. The summed E-state index contributed by atoms with van der Waals surface area (Å²) in [5.41, 5.74) is 2.09. The number of aromatic nitrogens is 1. The van der Waals surface area contributed by atoms with E-state index in [-0.39, 0.29) is 5.91 Å². The molecule has 0 saturated heterocycles. The first-order chi connectivity index (χ1) is 13.0. The van der Waals surface area contributed by atoms with Gasteiger partial charge in [-0.1, -0.05) is 41.4 Å². The summed E-state index contributed by atoms with van der Waals surface area (Å²) in [5, 5.41) is 1.12. The van der Waals surface area contributed by atoms with Gasteiger partial charge in [-0.25, -0.2) is 4.39 Å². The smallest absolute Gasteiger partial charge is 0.254 e. The molecule has 1 aromatic heterocycles. The molecule has 0 unspecified atom stereocenters. The number of pyridine rings is 1. The molecule has 0 N–H and O–H groups in total. The number of halogens is 3. The molecule has 0 aliphatic heterocycles. The van der Waals surface area contributed by atoms with Crippen LogP contribution in [-0.4, -0.2) is 22.3 Å². The largest absolute Gasteiger partial charge is 0.334 e. The van der Waals surface area contributed by atoms with Crippen molar-refractivity contribution in [1.82, 2.24) is 9.88 Å². The van der Waals surface area contributed by atoms with Gasteiger partial charge < -0.3 is 4.90 Å². The Balaban J connectivity index is 1.81. The summed E-state index contributed by atoms with van der Waals surface area (Å²) in [6.07, 6.45) is 3.94. The van der Waals surface area contributed by atoms with Crippen molar-refractivity contribution in [2.24, 2.45) is 0 Å². The third-order valence-corrected chi connectivity index (χ3v) is 4.71. The normalized spacial score (nSPS) is 10.6. The Morgan fingerprint density at radius 2 is 1.93 bits per heavy atom. The molecule has 3 nitrogen and oxygen atoms in total. The lowest BCUT2D eigenvalue weighted by Crippen LogP contribution is -2.32. The number of carbonyl (C=O) groups is 1. The highest BCUT2D eigenvalue weighted by atomic mass is 35.5. The van der Waals surface area contributed by atoms with Crippen LogP contribution in [0.2, 0.25) is 10.0 Å². The van der Waals surface area contributed by atoms with Gasteiger partial charge in [0.05, 0.1) is 0 Å². The molecule has 2 aromatic carbocycles. The molecule has 0 aliphatic carbocycles. The van der Waals surface area contributed by atoms with Gasteiger partial charge >= 0.3 is 0 Å². The van der Waals surface area contributed by atoms with Gasteiger partial charge in [-0.3, -0.25) is 9.78 Å². The third kappa shape index (κ3) is 5.28. The Morgan fingerprint density at radius 3 is 2.63 bits per heavy atom. The highest BCUT2D eigenvalue weighted by Gasteiger charge is 2.17. The zero-order valence-corrected chi connectivity index (χ0v) is 15.9. The zero-order valence-electron chi connectivity index (χ0n) is 14.4. The molecule has 0 spiro atoms. The lowest BCUT2D eigenvalue weighted by Gasteiger charge is -2.23. The second-order valence-corrected chi connectivity index (χ2v) is 6.93. The molecule has 138 valence electrons. The monoisotopic (exact) mass is 402 g/mol. The molecule has 0 fully saturated rings. The predicted molar refractivity (Wildman–Crippen MR) is 106 cm³/mol. The standard InChI is InChI=1S/C21H17Cl2FN2O/c22-18-7-6-16(20(23)12-18)8-10-26(14-15-3-2-9-25-13-15)21(27)17-4-1-5-19(24)11-17/h1-7,9,11-13H,8,10,14H2. The molecule has 0 atom stereocenters. The quantitative estimate of drug-likeness (QED) is 0.551. The van der Waals surface area contributed by atoms with Crippen LogP contribution in [0.3, 0.4) is 0 Å². The van der Waals surface area contributed by atoms with Gasteiger partial charge in [0.1, 0.15) is 5.82 Å². The summed E-state index contributed by atoms with van der Waals surface area (Å²) < 4.78 is 13.5. The minimum absolute atomic E-state index is 0.247. The van der Waals surface area contributed by atoms with E-state index in [1.807, 2.05) is 18.2 Å². The first kappa shape index (κ1) is 19.3. The third-order valence-electron chi connectivity index (χ3n) is 4.12. The Hall–Kier alpha value is -2.43. The van der Waals surface area contributed by atoms with Crippen LogP contribution in [-0.2, 0) is 13.0 Å². The van der Waals surface area contributed by atoms with Gasteiger partial charge in [0.2, 0.25) is 0 Å². The number of nitrogens with zero attached hydrogens (tertiary/aromatic N) is 2. The maximum atomic E-state index is 13.5. The average molecular weight is 403 g/mol. The fourth-order valence-corrected chi connectivity index (χ4v) is 3.25. The van der Waals surface area contributed by atoms with Crippen LogP contribution in [0.1, 0.15) is 21.5 Å². The SMILES string of the molecule is O=C(c1cccc(F)c1)N(CCc1ccc(Cl)cc1Cl)Cc1cccnc1. The van der Waals surface area contributed by atoms with E-state index in [2.05, 4.69) is 4.98 Å². The molecule has 0 saturated carbocycles. The van der Waals surface area contributed by atoms with Crippen molar-refractivity contribution in [2.75, 3.05) is 6.54 Å². The minimum atomic E-state index is -0.442. The molecule has 0 aliphatic rings. The number of benzene rings is 2. The topological polar surface area (TPSA) is 33.2 Å². The van der Waals surface area contributed by atoms with Crippen molar-refractivity contribution in [1.29, 1.82) is 0 Å². The van der Waals surface area contributed by atoms with Crippen molar-refractivity contribution in [2.45, 2.75) is 13.0 Å². The van der Waals surface area contributed by atoms with E-state index < -0.39 is 5.82 Å². The van der Waals surface area contributed by atoms with Gasteiger partial charge in [0.15, 0.2) is 0 Å². The van der Waals surface area contributed by atoms with E-state index in [0.29, 0.717) is 35.1 Å². The molecular formula is C21H17Cl2FN2O. The Bertz CT molecular complexity index is 934. The summed E-state index contributed by atoms with van der Waals surface area (Å²) in [5.74, 6) is -0.689. The van der Waals surface area contributed by atoms with Crippen LogP contribution >= 0.6 is 23.2 Å². The van der Waals surface area contributed by atoms with Gasteiger partial charge in [-0.15, -0.1) is 0 Å². The van der Waals surface area contributed by atoms with E-state index in [4.69, 9.17) is 23.2 Å². The first-order valence-corrected chi connectivity index (χ1v) is 9.16. The van der Waals surface area contributed by atoms with Crippen LogP contribution in [0.25, 0.3) is 0 Å². The lowest BCUT2D eigenvalue weighted by molar-refractivity contribution is 0.0744. The molecular weight excluding hydrogens is 386 g/mol. The van der Waals surface area contributed by atoms with Crippen molar-refractivity contribution in [3.63, 3.8) is 0 Å². The second kappa shape index (κ2) is 8.98. The van der Waals surface area contributed by atoms with Crippen LogP contribution < -0.4 is 0 Å². The highest BCUT2D eigenvalue weighted by Crippen LogP contribution is 2.22. The highest BCUT2D eigenvalue weighted by molar-refractivity contribution is 6.35. The summed E-state index contributed by atoms with van der Waals surface area (Å²) in [6, 6.07) is 14.7. The average Bonchev–Trinajstić information content (AvgIpc) is 2.66. The lowest BCUT2D eigenvalue weighted by atomic mass is 10.1. The Kier molecular flexibility index (Phi) is 6.43. The maximum Gasteiger partial charge on any atom is 0.254 e. The van der Waals surface area contributed by atoms with Crippen LogP contribution in [0.4, 0.5) is 4.39 Å². The molecule has 1 heterocycles. The predicted octanol–water partition coefficient (Wildman–Crippen LogP) is 5.41. The second-order valence-electron chi connectivity index (χ2n) is 6.08. The number of amides is 1. The van der Waals surface area contributed by atoms with Gasteiger partial charge in [-0.2, -0.15) is 0 Å². The van der Waals surface area contributed by atoms with Crippen molar-refractivity contribution in [3.05, 3.63) is 99.5 Å². The van der Waals surface area contributed by atoms with E-state index >= 15 is 0 Å².